The number of piperidine rings is 1. The molecule has 3 rings (SSSR count). The molecule has 25 heavy (non-hydrogen) atoms. The molecule has 1 saturated heterocycles. The van der Waals surface area contributed by atoms with Gasteiger partial charge in [0.25, 0.3) is 0 Å². The summed E-state index contributed by atoms with van der Waals surface area (Å²) >= 11 is 0. The highest BCUT2D eigenvalue weighted by molar-refractivity contribution is 5.61. The molecule has 0 bridgehead atoms. The molecule has 2 heteroatoms. The van der Waals surface area contributed by atoms with Gasteiger partial charge in [-0.2, -0.15) is 0 Å². The fraction of sp³-hybridized carbons (Fsp3) is 0.739. The fourth-order valence-electron chi connectivity index (χ4n) is 4.98. The van der Waals surface area contributed by atoms with Crippen molar-refractivity contribution in [3.05, 3.63) is 29.8 Å². The van der Waals surface area contributed by atoms with Crippen molar-refractivity contribution >= 4 is 5.69 Å². The molecule has 1 fully saturated rings. The molecule has 0 N–H and O–H groups in total. The number of likely N-dealkylation sites (tertiary alicyclic amines) is 1. The molecule has 2 aliphatic heterocycles. The van der Waals surface area contributed by atoms with Crippen LogP contribution in [0.25, 0.3) is 0 Å². The van der Waals surface area contributed by atoms with Gasteiger partial charge in [0, 0.05) is 43.3 Å². The molecule has 2 nitrogen and oxygen atoms in total. The first-order valence-corrected chi connectivity index (χ1v) is 10.6. The van der Waals surface area contributed by atoms with Crippen LogP contribution < -0.4 is 4.90 Å². The van der Waals surface area contributed by atoms with Crippen LogP contribution in [0, 0.1) is 11.8 Å². The number of benzene rings is 1. The van der Waals surface area contributed by atoms with Gasteiger partial charge in [-0.1, -0.05) is 45.9 Å². The topological polar surface area (TPSA) is 6.48 Å². The van der Waals surface area contributed by atoms with Crippen LogP contribution in [-0.4, -0.2) is 36.6 Å². The van der Waals surface area contributed by atoms with E-state index >= 15 is 0 Å². The summed E-state index contributed by atoms with van der Waals surface area (Å²) in [5.41, 5.74) is 3.11. The van der Waals surface area contributed by atoms with Crippen molar-refractivity contribution in [2.45, 2.75) is 78.3 Å². The van der Waals surface area contributed by atoms with Gasteiger partial charge in [-0.15, -0.1) is 0 Å². The minimum absolute atomic E-state index is 0.714. The zero-order valence-corrected chi connectivity index (χ0v) is 17.0. The Labute approximate surface area is 155 Å². The molecule has 4 unspecified atom stereocenters. The molecule has 2 aliphatic rings. The third kappa shape index (κ3) is 4.05. The lowest BCUT2D eigenvalue weighted by Gasteiger charge is -2.44. The average Bonchev–Trinajstić information content (AvgIpc) is 2.98. The molecule has 0 aromatic heterocycles. The molecule has 140 valence electrons. The van der Waals surface area contributed by atoms with Gasteiger partial charge in [-0.3, -0.25) is 0 Å². The molecule has 1 aromatic carbocycles. The number of nitrogens with zero attached hydrogens (tertiary/aromatic N) is 2. The van der Waals surface area contributed by atoms with Crippen molar-refractivity contribution in [1.29, 1.82) is 0 Å². The van der Waals surface area contributed by atoms with Crippen molar-refractivity contribution in [3.63, 3.8) is 0 Å². The fourth-order valence-corrected chi connectivity index (χ4v) is 4.98. The summed E-state index contributed by atoms with van der Waals surface area (Å²) in [6, 6.07) is 10.6. The Hall–Kier alpha value is -1.02. The van der Waals surface area contributed by atoms with Crippen molar-refractivity contribution in [3.8, 4) is 0 Å². The number of hydrogen-bond acceptors (Lipinski definition) is 2. The summed E-state index contributed by atoms with van der Waals surface area (Å²) in [4.78, 5) is 5.51. The summed E-state index contributed by atoms with van der Waals surface area (Å²) < 4.78 is 0. The van der Waals surface area contributed by atoms with Gasteiger partial charge < -0.3 is 9.80 Å². The number of rotatable bonds is 6. The quantitative estimate of drug-likeness (QED) is 0.670. The molecular formula is C23H38N2. The predicted octanol–water partition coefficient (Wildman–Crippen LogP) is 5.54. The zero-order chi connectivity index (χ0) is 18.0. The standard InChI is InChI=1S/C23H38N2/c1-6-20-16-25(23-10-8-7-9-21(20)23)22-13-14-24(15-18(22)4)19(5)12-11-17(2)3/h7-10,17-20,22H,6,11-16H2,1-5H3. The lowest BCUT2D eigenvalue weighted by atomic mass is 9.90. The molecule has 0 aliphatic carbocycles. The van der Waals surface area contributed by atoms with Crippen LogP contribution in [0.1, 0.15) is 71.8 Å². The lowest BCUT2D eigenvalue weighted by molar-refractivity contribution is 0.113. The molecule has 0 radical (unpaired) electrons. The van der Waals surface area contributed by atoms with Crippen LogP contribution in [0.5, 0.6) is 0 Å². The molecular weight excluding hydrogens is 304 g/mol. The monoisotopic (exact) mass is 342 g/mol. The number of anilines is 1. The van der Waals surface area contributed by atoms with Crippen molar-refractivity contribution in [2.75, 3.05) is 24.5 Å². The van der Waals surface area contributed by atoms with Crippen LogP contribution in [0.3, 0.4) is 0 Å². The van der Waals surface area contributed by atoms with Crippen LogP contribution in [0.2, 0.25) is 0 Å². The van der Waals surface area contributed by atoms with Gasteiger partial charge in [-0.05, 0) is 56.1 Å². The lowest BCUT2D eigenvalue weighted by Crippen LogP contribution is -2.52. The highest BCUT2D eigenvalue weighted by atomic mass is 15.2. The van der Waals surface area contributed by atoms with Gasteiger partial charge >= 0.3 is 0 Å². The summed E-state index contributed by atoms with van der Waals surface area (Å²) in [5, 5.41) is 0. The van der Waals surface area contributed by atoms with E-state index in [0.717, 1.165) is 23.8 Å². The first kappa shape index (κ1) is 18.8. The first-order chi connectivity index (χ1) is 12.0. The maximum atomic E-state index is 2.75. The minimum Gasteiger partial charge on any atom is -0.367 e. The molecule has 4 atom stereocenters. The molecule has 0 amide bonds. The summed E-state index contributed by atoms with van der Waals surface area (Å²) in [6.07, 6.45) is 5.28. The average molecular weight is 343 g/mol. The third-order valence-electron chi connectivity index (χ3n) is 6.67. The van der Waals surface area contributed by atoms with Crippen LogP contribution in [-0.2, 0) is 0 Å². The maximum Gasteiger partial charge on any atom is 0.0405 e. The molecule has 1 aromatic rings. The van der Waals surface area contributed by atoms with E-state index in [2.05, 4.69) is 68.7 Å². The van der Waals surface area contributed by atoms with E-state index in [1.165, 1.54) is 51.0 Å². The molecule has 0 spiro atoms. The van der Waals surface area contributed by atoms with Gasteiger partial charge in [0.15, 0.2) is 0 Å². The van der Waals surface area contributed by atoms with Crippen molar-refractivity contribution in [1.82, 2.24) is 4.90 Å². The number of hydrogen-bond donors (Lipinski definition) is 0. The second-order valence-electron chi connectivity index (χ2n) is 8.96. The van der Waals surface area contributed by atoms with E-state index in [9.17, 15) is 0 Å². The Bertz CT molecular complexity index is 553. The SMILES string of the molecule is CCC1CN(C2CCN(C(C)CCC(C)C)CC2C)c2ccccc21. The van der Waals surface area contributed by atoms with E-state index < -0.39 is 0 Å². The maximum absolute atomic E-state index is 2.75. The van der Waals surface area contributed by atoms with E-state index in [1.807, 2.05) is 0 Å². The number of para-hydroxylation sites is 1. The van der Waals surface area contributed by atoms with E-state index in [-0.39, 0.29) is 0 Å². The smallest absolute Gasteiger partial charge is 0.0405 e. The van der Waals surface area contributed by atoms with Crippen LogP contribution in [0.4, 0.5) is 5.69 Å². The largest absolute Gasteiger partial charge is 0.367 e. The van der Waals surface area contributed by atoms with Crippen molar-refractivity contribution < 1.29 is 0 Å². The Morgan fingerprint density at radius 3 is 2.52 bits per heavy atom. The van der Waals surface area contributed by atoms with Gasteiger partial charge in [0.1, 0.15) is 0 Å². The summed E-state index contributed by atoms with van der Waals surface area (Å²) in [6.45, 7) is 15.7. The van der Waals surface area contributed by atoms with Crippen molar-refractivity contribution in [2.24, 2.45) is 11.8 Å². The Morgan fingerprint density at radius 1 is 1.08 bits per heavy atom. The third-order valence-corrected chi connectivity index (χ3v) is 6.67. The van der Waals surface area contributed by atoms with E-state index in [0.29, 0.717) is 6.04 Å². The summed E-state index contributed by atoms with van der Waals surface area (Å²) in [5.74, 6) is 2.30. The Kier molecular flexibility index (Phi) is 6.09. The number of fused-ring (bicyclic) bond motifs is 1. The van der Waals surface area contributed by atoms with Gasteiger partial charge in [0.05, 0.1) is 0 Å². The Morgan fingerprint density at radius 2 is 1.84 bits per heavy atom. The van der Waals surface area contributed by atoms with Gasteiger partial charge in [0.2, 0.25) is 0 Å². The molecule has 0 saturated carbocycles. The highest BCUT2D eigenvalue weighted by Crippen LogP contribution is 2.41. The van der Waals surface area contributed by atoms with E-state index in [4.69, 9.17) is 0 Å². The highest BCUT2D eigenvalue weighted by Gasteiger charge is 2.37. The normalized spacial score (nSPS) is 28.4. The second-order valence-corrected chi connectivity index (χ2v) is 8.96. The van der Waals surface area contributed by atoms with E-state index in [1.54, 1.807) is 5.56 Å². The predicted molar refractivity (Wildman–Crippen MR) is 109 cm³/mol. The first-order valence-electron chi connectivity index (χ1n) is 10.6. The molecule has 2 heterocycles. The zero-order valence-electron chi connectivity index (χ0n) is 17.0. The minimum atomic E-state index is 0.714. The second kappa shape index (κ2) is 8.12. The Balaban J connectivity index is 1.64. The van der Waals surface area contributed by atoms with Gasteiger partial charge in [-0.25, -0.2) is 0 Å². The summed E-state index contributed by atoms with van der Waals surface area (Å²) in [7, 11) is 0. The van der Waals surface area contributed by atoms with Crippen LogP contribution >= 0.6 is 0 Å². The van der Waals surface area contributed by atoms with Crippen LogP contribution in [0.15, 0.2) is 24.3 Å².